The third kappa shape index (κ3) is 7.09. The molecule has 5 unspecified atom stereocenters. The molecule has 1 aliphatic rings. The predicted octanol–water partition coefficient (Wildman–Crippen LogP) is -0.835. The van der Waals surface area contributed by atoms with Crippen molar-refractivity contribution in [3.8, 4) is 0 Å². The van der Waals surface area contributed by atoms with Crippen LogP contribution in [0.5, 0.6) is 0 Å². The second kappa shape index (κ2) is 9.71. The van der Waals surface area contributed by atoms with E-state index < -0.39 is 67.3 Å². The first-order valence-electron chi connectivity index (χ1n) is 7.77. The topological polar surface area (TPSA) is 167 Å². The highest BCUT2D eigenvalue weighted by molar-refractivity contribution is 5.69. The van der Waals surface area contributed by atoms with Crippen LogP contribution in [0.15, 0.2) is 0 Å². The molecule has 1 rings (SSSR count). The lowest BCUT2D eigenvalue weighted by Crippen LogP contribution is -2.63. The van der Waals surface area contributed by atoms with Gasteiger partial charge in [0.2, 0.25) is 12.4 Å². The van der Waals surface area contributed by atoms with Crippen LogP contribution in [0.1, 0.15) is 27.7 Å². The Morgan fingerprint density at radius 1 is 0.741 bits per heavy atom. The summed E-state index contributed by atoms with van der Waals surface area (Å²) in [4.78, 5) is 56.7. The van der Waals surface area contributed by atoms with Crippen LogP contribution in [-0.4, -0.2) is 67.3 Å². The number of primary amides is 1. The smallest absolute Gasteiger partial charge is 0.405 e. The van der Waals surface area contributed by atoms with Crippen LogP contribution in [0, 0.1) is 0 Å². The molecular formula is C15H21NO11. The molecule has 0 radical (unpaired) electrons. The van der Waals surface area contributed by atoms with Crippen molar-refractivity contribution in [2.24, 2.45) is 5.73 Å². The molecule has 5 atom stereocenters. The van der Waals surface area contributed by atoms with Gasteiger partial charge in [-0.05, 0) is 0 Å². The molecule has 12 heteroatoms. The van der Waals surface area contributed by atoms with E-state index in [9.17, 15) is 24.0 Å². The molecule has 1 aliphatic heterocycles. The average Bonchev–Trinajstić information content (AvgIpc) is 2.49. The van der Waals surface area contributed by atoms with Gasteiger partial charge in [-0.3, -0.25) is 19.2 Å². The molecule has 1 fully saturated rings. The third-order valence-corrected chi connectivity index (χ3v) is 3.18. The van der Waals surface area contributed by atoms with Gasteiger partial charge in [-0.1, -0.05) is 0 Å². The lowest BCUT2D eigenvalue weighted by atomic mass is 9.98. The molecule has 0 aromatic rings. The number of hydrogen-bond donors (Lipinski definition) is 1. The normalized spacial score (nSPS) is 27.0. The number of ether oxygens (including phenoxy) is 6. The van der Waals surface area contributed by atoms with Gasteiger partial charge in [0.15, 0.2) is 12.2 Å². The van der Waals surface area contributed by atoms with Crippen LogP contribution < -0.4 is 5.73 Å². The number of carbonyl (C=O) groups is 5. The largest absolute Gasteiger partial charge is 0.463 e. The summed E-state index contributed by atoms with van der Waals surface area (Å²) in [5.74, 6) is -3.08. The predicted molar refractivity (Wildman–Crippen MR) is 82.6 cm³/mol. The number of carbonyl (C=O) groups excluding carboxylic acids is 5. The van der Waals surface area contributed by atoms with Crippen molar-refractivity contribution in [3.05, 3.63) is 0 Å². The molecule has 0 aliphatic carbocycles. The second-order valence-corrected chi connectivity index (χ2v) is 5.50. The molecular weight excluding hydrogens is 370 g/mol. The average molecular weight is 391 g/mol. The van der Waals surface area contributed by atoms with Gasteiger partial charge in [-0.15, -0.1) is 0 Å². The van der Waals surface area contributed by atoms with Gasteiger partial charge in [0.05, 0.1) is 0 Å². The van der Waals surface area contributed by atoms with Gasteiger partial charge in [0.25, 0.3) is 0 Å². The Bertz CT molecular complexity index is 605. The molecule has 0 bridgehead atoms. The van der Waals surface area contributed by atoms with E-state index in [4.69, 9.17) is 34.2 Å². The minimum atomic E-state index is -1.54. The fraction of sp³-hybridized carbons (Fsp3) is 0.667. The fourth-order valence-electron chi connectivity index (χ4n) is 2.39. The van der Waals surface area contributed by atoms with Crippen LogP contribution in [-0.2, 0) is 47.6 Å². The van der Waals surface area contributed by atoms with E-state index in [0.29, 0.717) is 0 Å². The number of amides is 1. The zero-order chi connectivity index (χ0) is 20.7. The van der Waals surface area contributed by atoms with Crippen molar-refractivity contribution in [2.75, 3.05) is 6.61 Å². The quantitative estimate of drug-likeness (QED) is 0.443. The number of nitrogens with two attached hydrogens (primary N) is 1. The van der Waals surface area contributed by atoms with E-state index in [2.05, 4.69) is 0 Å². The Labute approximate surface area is 154 Å². The van der Waals surface area contributed by atoms with E-state index in [1.807, 2.05) is 0 Å². The van der Waals surface area contributed by atoms with Crippen molar-refractivity contribution < 1.29 is 52.4 Å². The van der Waals surface area contributed by atoms with Gasteiger partial charge in [-0.25, -0.2) is 4.79 Å². The lowest BCUT2D eigenvalue weighted by Gasteiger charge is -2.43. The third-order valence-electron chi connectivity index (χ3n) is 3.18. The molecule has 1 heterocycles. The summed E-state index contributed by atoms with van der Waals surface area (Å²) in [6, 6.07) is 0. The van der Waals surface area contributed by atoms with Crippen molar-refractivity contribution in [3.63, 3.8) is 0 Å². The van der Waals surface area contributed by atoms with E-state index in [0.717, 1.165) is 27.7 Å². The van der Waals surface area contributed by atoms with Crippen LogP contribution in [0.3, 0.4) is 0 Å². The molecule has 0 saturated carbocycles. The summed E-state index contributed by atoms with van der Waals surface area (Å²) in [6.45, 7) is 3.89. The van der Waals surface area contributed by atoms with Gasteiger partial charge in [0, 0.05) is 27.7 Å². The van der Waals surface area contributed by atoms with Gasteiger partial charge in [0.1, 0.15) is 12.7 Å². The first-order chi connectivity index (χ1) is 12.5. The summed E-state index contributed by atoms with van der Waals surface area (Å²) in [5.41, 5.74) is 5.05. The highest BCUT2D eigenvalue weighted by Crippen LogP contribution is 2.29. The molecule has 1 amide bonds. The van der Waals surface area contributed by atoms with Gasteiger partial charge < -0.3 is 34.2 Å². The minimum Gasteiger partial charge on any atom is -0.463 e. The Kier molecular flexibility index (Phi) is 7.97. The van der Waals surface area contributed by atoms with Gasteiger partial charge in [-0.2, -0.15) is 0 Å². The summed E-state index contributed by atoms with van der Waals surface area (Å²) in [6.07, 6.45) is -8.37. The first kappa shape index (κ1) is 22.2. The van der Waals surface area contributed by atoms with Crippen LogP contribution in [0.25, 0.3) is 0 Å². The van der Waals surface area contributed by atoms with Gasteiger partial charge >= 0.3 is 30.0 Å². The summed E-state index contributed by atoms with van der Waals surface area (Å²) < 4.78 is 30.3. The Balaban J connectivity index is 3.29. The molecule has 0 spiro atoms. The molecule has 152 valence electrons. The number of rotatable bonds is 6. The van der Waals surface area contributed by atoms with Crippen LogP contribution >= 0.6 is 0 Å². The molecule has 0 aromatic heterocycles. The van der Waals surface area contributed by atoms with Crippen molar-refractivity contribution in [2.45, 2.75) is 58.4 Å². The molecule has 27 heavy (non-hydrogen) atoms. The molecule has 12 nitrogen and oxygen atoms in total. The minimum absolute atomic E-state index is 0.434. The van der Waals surface area contributed by atoms with Crippen molar-refractivity contribution in [1.29, 1.82) is 0 Å². The highest BCUT2D eigenvalue weighted by atomic mass is 16.7. The summed E-state index contributed by atoms with van der Waals surface area (Å²) >= 11 is 0. The van der Waals surface area contributed by atoms with E-state index >= 15 is 0 Å². The summed E-state index contributed by atoms with van der Waals surface area (Å²) in [7, 11) is 0. The lowest BCUT2D eigenvalue weighted by molar-refractivity contribution is -0.297. The van der Waals surface area contributed by atoms with Crippen LogP contribution in [0.4, 0.5) is 4.79 Å². The van der Waals surface area contributed by atoms with Crippen molar-refractivity contribution >= 4 is 30.0 Å². The van der Waals surface area contributed by atoms with E-state index in [1.54, 1.807) is 0 Å². The first-order valence-corrected chi connectivity index (χ1v) is 7.77. The monoisotopic (exact) mass is 391 g/mol. The van der Waals surface area contributed by atoms with Crippen LogP contribution in [0.2, 0.25) is 0 Å². The maximum atomic E-state index is 11.5. The molecule has 1 saturated heterocycles. The Morgan fingerprint density at radius 3 is 1.70 bits per heavy atom. The molecule has 2 N–H and O–H groups in total. The zero-order valence-corrected chi connectivity index (χ0v) is 15.2. The second-order valence-electron chi connectivity index (χ2n) is 5.50. The maximum Gasteiger partial charge on any atom is 0.405 e. The SMILES string of the molecule is CC(=O)OCC1OC(OC(C)=O)C(OC(C)=O)C(OC(N)=O)C1OC(C)=O. The Morgan fingerprint density at radius 2 is 1.26 bits per heavy atom. The highest BCUT2D eigenvalue weighted by Gasteiger charge is 2.53. The standard InChI is InChI=1S/C15H21NO11/c1-6(17)22-5-10-11(23-7(2)18)12(27-15(16)21)13(24-8(3)19)14(26-10)25-9(4)20/h10-14H,5H2,1-4H3,(H2,16,21). The zero-order valence-electron chi connectivity index (χ0n) is 15.2. The summed E-state index contributed by atoms with van der Waals surface area (Å²) in [5, 5.41) is 0. The number of esters is 4. The fourth-order valence-corrected chi connectivity index (χ4v) is 2.39. The Hall–Kier alpha value is -2.89. The van der Waals surface area contributed by atoms with E-state index in [-0.39, 0.29) is 0 Å². The number of hydrogen-bond acceptors (Lipinski definition) is 11. The van der Waals surface area contributed by atoms with E-state index in [1.165, 1.54) is 0 Å². The maximum absolute atomic E-state index is 11.5. The van der Waals surface area contributed by atoms with Crippen molar-refractivity contribution in [1.82, 2.24) is 0 Å². The molecule has 0 aromatic carbocycles.